The molecule has 0 saturated heterocycles. The second-order valence-electron chi connectivity index (χ2n) is 4.79. The molecule has 0 heterocycles. The molecule has 0 spiro atoms. The summed E-state index contributed by atoms with van der Waals surface area (Å²) in [6.07, 6.45) is 1.53. The van der Waals surface area contributed by atoms with Crippen molar-refractivity contribution < 1.29 is 4.39 Å². The molecule has 2 aromatic carbocycles. The quantitative estimate of drug-likeness (QED) is 0.610. The third-order valence-corrected chi connectivity index (χ3v) is 4.18. The molecule has 0 N–H and O–H groups in total. The zero-order chi connectivity index (χ0) is 14.5. The van der Waals surface area contributed by atoms with Crippen LogP contribution in [0.5, 0.6) is 0 Å². The molecule has 0 radical (unpaired) electrons. The van der Waals surface area contributed by atoms with Gasteiger partial charge in [-0.15, -0.1) is 11.6 Å². The lowest BCUT2D eigenvalue weighted by molar-refractivity contribution is 0.581. The molecule has 0 saturated carbocycles. The van der Waals surface area contributed by atoms with E-state index < -0.39 is 0 Å². The van der Waals surface area contributed by atoms with Gasteiger partial charge >= 0.3 is 0 Å². The summed E-state index contributed by atoms with van der Waals surface area (Å²) in [5, 5.41) is 1.17. The van der Waals surface area contributed by atoms with Gasteiger partial charge in [0, 0.05) is 15.9 Å². The van der Waals surface area contributed by atoms with E-state index in [0.29, 0.717) is 10.9 Å². The van der Waals surface area contributed by atoms with Crippen LogP contribution in [0.4, 0.5) is 4.39 Å². The fourth-order valence-corrected chi connectivity index (χ4v) is 2.85. The molecule has 0 aliphatic carbocycles. The normalized spacial score (nSPS) is 12.4. The molecule has 4 heteroatoms. The number of rotatable bonds is 5. The van der Waals surface area contributed by atoms with Gasteiger partial charge in [-0.25, -0.2) is 4.39 Å². The first kappa shape index (κ1) is 15.6. The van der Waals surface area contributed by atoms with E-state index in [-0.39, 0.29) is 11.7 Å². The van der Waals surface area contributed by atoms with Gasteiger partial charge in [-0.2, -0.15) is 0 Å². The molecule has 2 aromatic rings. The van der Waals surface area contributed by atoms with Crippen LogP contribution in [0.1, 0.15) is 11.1 Å². The molecule has 0 amide bonds. The van der Waals surface area contributed by atoms with Crippen LogP contribution in [0.25, 0.3) is 0 Å². The molecular formula is C16H14Cl3F. The summed E-state index contributed by atoms with van der Waals surface area (Å²) >= 11 is 18.1. The zero-order valence-electron chi connectivity index (χ0n) is 10.8. The van der Waals surface area contributed by atoms with Gasteiger partial charge in [-0.3, -0.25) is 0 Å². The molecule has 0 fully saturated rings. The van der Waals surface area contributed by atoms with Crippen molar-refractivity contribution in [3.05, 3.63) is 69.5 Å². The Morgan fingerprint density at radius 3 is 2.45 bits per heavy atom. The average Bonchev–Trinajstić information content (AvgIpc) is 2.41. The fraction of sp³-hybridized carbons (Fsp3) is 0.250. The van der Waals surface area contributed by atoms with E-state index in [1.54, 1.807) is 6.07 Å². The lowest BCUT2D eigenvalue weighted by Crippen LogP contribution is -2.10. The summed E-state index contributed by atoms with van der Waals surface area (Å²) in [5.74, 6) is 0.425. The fourth-order valence-electron chi connectivity index (χ4n) is 2.18. The van der Waals surface area contributed by atoms with Crippen molar-refractivity contribution >= 4 is 34.8 Å². The monoisotopic (exact) mass is 330 g/mol. The maximum absolute atomic E-state index is 13.0. The number of hydrogen-bond donors (Lipinski definition) is 0. The molecular weight excluding hydrogens is 318 g/mol. The largest absolute Gasteiger partial charge is 0.207 e. The van der Waals surface area contributed by atoms with Crippen molar-refractivity contribution in [2.24, 2.45) is 5.92 Å². The summed E-state index contributed by atoms with van der Waals surface area (Å²) in [6, 6.07) is 12.2. The SMILES string of the molecule is Fc1ccc(CC(CCl)Cc2cccc(Cl)c2)c(Cl)c1. The smallest absolute Gasteiger partial charge is 0.124 e. The first-order valence-corrected chi connectivity index (χ1v) is 7.62. The summed E-state index contributed by atoms with van der Waals surface area (Å²) in [6.45, 7) is 0. The minimum absolute atomic E-state index is 0.234. The minimum Gasteiger partial charge on any atom is -0.207 e. The molecule has 2 rings (SSSR count). The third-order valence-electron chi connectivity index (χ3n) is 3.16. The Kier molecular flexibility index (Phi) is 5.71. The molecule has 0 aromatic heterocycles. The van der Waals surface area contributed by atoms with Crippen molar-refractivity contribution in [2.75, 3.05) is 5.88 Å². The van der Waals surface area contributed by atoms with Crippen molar-refractivity contribution in [3.63, 3.8) is 0 Å². The highest BCUT2D eigenvalue weighted by molar-refractivity contribution is 6.31. The van der Waals surface area contributed by atoms with E-state index in [4.69, 9.17) is 34.8 Å². The van der Waals surface area contributed by atoms with E-state index >= 15 is 0 Å². The molecule has 0 nitrogen and oxygen atoms in total. The average molecular weight is 332 g/mol. The lowest BCUT2D eigenvalue weighted by Gasteiger charge is -2.15. The number of halogens is 4. The van der Waals surface area contributed by atoms with Gasteiger partial charge < -0.3 is 0 Å². The van der Waals surface area contributed by atoms with Gasteiger partial charge in [-0.05, 0) is 54.2 Å². The van der Waals surface area contributed by atoms with Crippen LogP contribution < -0.4 is 0 Å². The highest BCUT2D eigenvalue weighted by atomic mass is 35.5. The topological polar surface area (TPSA) is 0 Å². The van der Waals surface area contributed by atoms with Crippen LogP contribution in [0, 0.1) is 11.7 Å². The van der Waals surface area contributed by atoms with Crippen molar-refractivity contribution in [2.45, 2.75) is 12.8 Å². The first-order chi connectivity index (χ1) is 9.58. The Hall–Kier alpha value is -0.760. The van der Waals surface area contributed by atoms with Gasteiger partial charge in [-0.1, -0.05) is 41.4 Å². The maximum atomic E-state index is 13.0. The predicted octanol–water partition coefficient (Wildman–Crippen LogP) is 5.77. The molecule has 20 heavy (non-hydrogen) atoms. The number of benzene rings is 2. The molecule has 106 valence electrons. The standard InChI is InChI=1S/C16H14Cl3F/c17-10-12(6-11-2-1-3-14(18)8-11)7-13-4-5-15(20)9-16(13)19/h1-5,8-9,12H,6-7,10H2. The van der Waals surface area contributed by atoms with Gasteiger partial charge in [0.1, 0.15) is 5.82 Å². The summed E-state index contributed by atoms with van der Waals surface area (Å²) in [7, 11) is 0. The maximum Gasteiger partial charge on any atom is 0.124 e. The lowest BCUT2D eigenvalue weighted by atomic mass is 9.94. The van der Waals surface area contributed by atoms with Gasteiger partial charge in [0.25, 0.3) is 0 Å². The van der Waals surface area contributed by atoms with Crippen LogP contribution >= 0.6 is 34.8 Å². The van der Waals surface area contributed by atoms with E-state index in [2.05, 4.69) is 0 Å². The Bertz CT molecular complexity index is 584. The van der Waals surface area contributed by atoms with E-state index in [9.17, 15) is 4.39 Å². The highest BCUT2D eigenvalue weighted by Gasteiger charge is 2.12. The Balaban J connectivity index is 2.09. The molecule has 0 aliphatic heterocycles. The van der Waals surface area contributed by atoms with Crippen LogP contribution in [0.3, 0.4) is 0 Å². The third kappa shape index (κ3) is 4.37. The van der Waals surface area contributed by atoms with E-state index in [1.165, 1.54) is 12.1 Å². The highest BCUT2D eigenvalue weighted by Crippen LogP contribution is 2.24. The summed E-state index contributed by atoms with van der Waals surface area (Å²) < 4.78 is 13.0. The molecule has 1 unspecified atom stereocenters. The Labute approximate surface area is 133 Å². The zero-order valence-corrected chi connectivity index (χ0v) is 13.0. The van der Waals surface area contributed by atoms with Gasteiger partial charge in [0.2, 0.25) is 0 Å². The minimum atomic E-state index is -0.323. The summed E-state index contributed by atoms with van der Waals surface area (Å²) in [4.78, 5) is 0. The van der Waals surface area contributed by atoms with E-state index in [0.717, 1.165) is 29.0 Å². The Morgan fingerprint density at radius 2 is 1.80 bits per heavy atom. The van der Waals surface area contributed by atoms with Gasteiger partial charge in [0.15, 0.2) is 0 Å². The second kappa shape index (κ2) is 7.31. The van der Waals surface area contributed by atoms with Gasteiger partial charge in [0.05, 0.1) is 0 Å². The number of alkyl halides is 1. The van der Waals surface area contributed by atoms with Crippen LogP contribution in [-0.4, -0.2) is 5.88 Å². The molecule has 0 bridgehead atoms. The second-order valence-corrected chi connectivity index (χ2v) is 5.95. The molecule has 0 aliphatic rings. The van der Waals surface area contributed by atoms with Crippen LogP contribution in [0.15, 0.2) is 42.5 Å². The number of hydrogen-bond acceptors (Lipinski definition) is 0. The first-order valence-electron chi connectivity index (χ1n) is 6.33. The van der Waals surface area contributed by atoms with Crippen LogP contribution in [-0.2, 0) is 12.8 Å². The van der Waals surface area contributed by atoms with Crippen molar-refractivity contribution in [1.82, 2.24) is 0 Å². The van der Waals surface area contributed by atoms with Crippen molar-refractivity contribution in [3.8, 4) is 0 Å². The predicted molar refractivity (Wildman–Crippen MR) is 84.5 cm³/mol. The van der Waals surface area contributed by atoms with Crippen molar-refractivity contribution in [1.29, 1.82) is 0 Å². The van der Waals surface area contributed by atoms with Crippen LogP contribution in [0.2, 0.25) is 10.0 Å². The van der Waals surface area contributed by atoms with E-state index in [1.807, 2.05) is 24.3 Å². The Morgan fingerprint density at radius 1 is 1.00 bits per heavy atom. The molecule has 1 atom stereocenters. The summed E-state index contributed by atoms with van der Waals surface area (Å²) in [5.41, 5.74) is 2.06.